The van der Waals surface area contributed by atoms with Crippen LogP contribution < -0.4 is 0 Å². The zero-order chi connectivity index (χ0) is 17.8. The van der Waals surface area contributed by atoms with Gasteiger partial charge in [0.25, 0.3) is 0 Å². The molecule has 0 atom stereocenters. The minimum absolute atomic E-state index is 0.378. The number of hydrogen-bond acceptors (Lipinski definition) is 1. The molecule has 26 heavy (non-hydrogen) atoms. The Morgan fingerprint density at radius 2 is 1.69 bits per heavy atom. The first kappa shape index (κ1) is 15.1. The number of fused-ring (bicyclic) bond motifs is 5. The van der Waals surface area contributed by atoms with Crippen molar-refractivity contribution >= 4 is 32.6 Å². The normalized spacial score (nSPS) is 11.8. The molecule has 0 fully saturated rings. The van der Waals surface area contributed by atoms with Crippen molar-refractivity contribution in [2.75, 3.05) is 0 Å². The van der Waals surface area contributed by atoms with Crippen LogP contribution in [0.2, 0.25) is 0 Å². The molecule has 2 aromatic heterocycles. The second-order valence-electron chi connectivity index (χ2n) is 6.88. The average molecular weight is 340 g/mol. The quantitative estimate of drug-likeness (QED) is 0.422. The Morgan fingerprint density at radius 3 is 2.46 bits per heavy atom. The van der Waals surface area contributed by atoms with E-state index < -0.39 is 0 Å². The van der Waals surface area contributed by atoms with E-state index in [4.69, 9.17) is 0 Å². The molecule has 0 radical (unpaired) electrons. The summed E-state index contributed by atoms with van der Waals surface area (Å²) in [6.07, 6.45) is 4.95. The second kappa shape index (κ2) is 5.40. The summed E-state index contributed by atoms with van der Waals surface area (Å²) in [6, 6.07) is 16.8. The summed E-state index contributed by atoms with van der Waals surface area (Å²) in [5.41, 5.74) is 5.75. The van der Waals surface area contributed by atoms with Gasteiger partial charge < -0.3 is 14.7 Å². The van der Waals surface area contributed by atoms with Crippen LogP contribution in [0.15, 0.2) is 60.9 Å². The maximum absolute atomic E-state index is 10.4. The van der Waals surface area contributed by atoms with Gasteiger partial charge in [-0.2, -0.15) is 0 Å². The fourth-order valence-corrected chi connectivity index (χ4v) is 4.13. The smallest absolute Gasteiger partial charge is 0.119 e. The van der Waals surface area contributed by atoms with Crippen molar-refractivity contribution in [1.82, 2.24) is 9.55 Å². The van der Waals surface area contributed by atoms with E-state index in [1.165, 1.54) is 32.8 Å². The molecule has 3 nitrogen and oxygen atoms in total. The van der Waals surface area contributed by atoms with Crippen LogP contribution in [0.1, 0.15) is 12.5 Å². The topological polar surface area (TPSA) is 40.9 Å². The molecule has 3 aromatic carbocycles. The van der Waals surface area contributed by atoms with Crippen LogP contribution in [-0.4, -0.2) is 14.7 Å². The van der Waals surface area contributed by atoms with Crippen LogP contribution in [0.4, 0.5) is 0 Å². The molecule has 0 saturated carbocycles. The first-order valence-electron chi connectivity index (χ1n) is 8.98. The van der Waals surface area contributed by atoms with Gasteiger partial charge in [-0.15, -0.1) is 0 Å². The number of phenols is 1. The number of benzene rings is 3. The molecule has 5 rings (SSSR count). The summed E-state index contributed by atoms with van der Waals surface area (Å²) in [7, 11) is 2.11. The van der Waals surface area contributed by atoms with Gasteiger partial charge in [-0.1, -0.05) is 37.3 Å². The van der Waals surface area contributed by atoms with Crippen LogP contribution in [0.5, 0.6) is 5.75 Å². The van der Waals surface area contributed by atoms with Crippen molar-refractivity contribution < 1.29 is 5.11 Å². The summed E-state index contributed by atoms with van der Waals surface area (Å²) < 4.78 is 2.24. The van der Waals surface area contributed by atoms with E-state index >= 15 is 0 Å². The number of aryl methyl sites for hydroxylation is 2. The fraction of sp³-hybridized carbons (Fsp3) is 0.130. The van der Waals surface area contributed by atoms with Gasteiger partial charge in [0.15, 0.2) is 0 Å². The van der Waals surface area contributed by atoms with Gasteiger partial charge in [0.2, 0.25) is 0 Å². The van der Waals surface area contributed by atoms with Gasteiger partial charge in [-0.25, -0.2) is 0 Å². The zero-order valence-corrected chi connectivity index (χ0v) is 14.9. The minimum atomic E-state index is 0.378. The third-order valence-corrected chi connectivity index (χ3v) is 5.50. The molecule has 0 spiro atoms. The number of aromatic nitrogens is 2. The van der Waals surface area contributed by atoms with E-state index in [0.717, 1.165) is 22.9 Å². The van der Waals surface area contributed by atoms with Crippen molar-refractivity contribution in [3.05, 3.63) is 66.5 Å². The molecule has 0 unspecified atom stereocenters. The first-order chi connectivity index (χ1) is 12.7. The molecule has 128 valence electrons. The number of hydrogen-bond donors (Lipinski definition) is 2. The monoisotopic (exact) mass is 340 g/mol. The van der Waals surface area contributed by atoms with Gasteiger partial charge in [-0.3, -0.25) is 0 Å². The standard InChI is InChI=1S/C23H20N2O/c1-3-14-9-20-17(11-22(14)26)23-19-13-24-12-18(19)16(10-21(23)25(20)2)15-7-5-4-6-8-15/h4-13,24,26H,3H2,1-2H3. The van der Waals surface area contributed by atoms with Gasteiger partial charge in [0, 0.05) is 46.5 Å². The third kappa shape index (κ3) is 1.94. The van der Waals surface area contributed by atoms with Crippen LogP contribution in [0.3, 0.4) is 0 Å². The van der Waals surface area contributed by atoms with Crippen LogP contribution in [0.25, 0.3) is 43.7 Å². The van der Waals surface area contributed by atoms with Crippen molar-refractivity contribution in [3.63, 3.8) is 0 Å². The predicted molar refractivity (Wildman–Crippen MR) is 109 cm³/mol. The molecule has 0 aliphatic heterocycles. The molecule has 2 heterocycles. The Labute approximate surface area is 151 Å². The second-order valence-corrected chi connectivity index (χ2v) is 6.88. The third-order valence-electron chi connectivity index (χ3n) is 5.50. The van der Waals surface area contributed by atoms with Crippen LogP contribution in [-0.2, 0) is 13.5 Å². The molecule has 0 amide bonds. The molecular formula is C23H20N2O. The number of aromatic amines is 1. The highest BCUT2D eigenvalue weighted by Crippen LogP contribution is 2.41. The first-order valence-corrected chi connectivity index (χ1v) is 8.98. The van der Waals surface area contributed by atoms with Crippen molar-refractivity contribution in [2.24, 2.45) is 7.05 Å². The summed E-state index contributed by atoms with van der Waals surface area (Å²) >= 11 is 0. The Kier molecular flexibility index (Phi) is 3.13. The Morgan fingerprint density at radius 1 is 0.923 bits per heavy atom. The maximum Gasteiger partial charge on any atom is 0.119 e. The van der Waals surface area contributed by atoms with E-state index in [1.54, 1.807) is 0 Å². The van der Waals surface area contributed by atoms with Crippen LogP contribution in [0, 0.1) is 0 Å². The predicted octanol–water partition coefficient (Wildman–Crippen LogP) is 5.75. The van der Waals surface area contributed by atoms with E-state index in [0.29, 0.717) is 5.75 Å². The van der Waals surface area contributed by atoms with Gasteiger partial charge >= 0.3 is 0 Å². The lowest BCUT2D eigenvalue weighted by Gasteiger charge is -2.07. The largest absolute Gasteiger partial charge is 0.508 e. The zero-order valence-electron chi connectivity index (χ0n) is 14.9. The Bertz CT molecular complexity index is 1280. The number of phenolic OH excluding ortho intramolecular Hbond substituents is 1. The highest BCUT2D eigenvalue weighted by atomic mass is 16.3. The molecule has 2 N–H and O–H groups in total. The number of rotatable bonds is 2. The summed E-state index contributed by atoms with van der Waals surface area (Å²) in [5, 5.41) is 15.1. The average Bonchev–Trinajstić information content (AvgIpc) is 3.25. The van der Waals surface area contributed by atoms with E-state index in [-0.39, 0.29) is 0 Å². The number of nitrogens with one attached hydrogen (secondary N) is 1. The maximum atomic E-state index is 10.4. The van der Waals surface area contributed by atoms with Crippen molar-refractivity contribution in [3.8, 4) is 16.9 Å². The molecule has 0 bridgehead atoms. The molecule has 0 aliphatic rings. The molecule has 0 aliphatic carbocycles. The Balaban J connectivity index is 1.98. The molecule has 5 aromatic rings. The summed E-state index contributed by atoms with van der Waals surface area (Å²) in [6.45, 7) is 2.07. The van der Waals surface area contributed by atoms with Crippen molar-refractivity contribution in [1.29, 1.82) is 0 Å². The lowest BCUT2D eigenvalue weighted by Crippen LogP contribution is -1.89. The number of nitrogens with zero attached hydrogens (tertiary/aromatic N) is 1. The van der Waals surface area contributed by atoms with Gasteiger partial charge in [0.1, 0.15) is 5.75 Å². The lowest BCUT2D eigenvalue weighted by molar-refractivity contribution is 0.470. The lowest BCUT2D eigenvalue weighted by atomic mass is 9.97. The number of H-pyrrole nitrogens is 1. The van der Waals surface area contributed by atoms with Gasteiger partial charge in [-0.05, 0) is 41.3 Å². The number of aromatic hydroxyl groups is 1. The Hall–Kier alpha value is -3.20. The summed E-state index contributed by atoms with van der Waals surface area (Å²) in [4.78, 5) is 3.28. The molecule has 0 saturated heterocycles. The molecular weight excluding hydrogens is 320 g/mol. The van der Waals surface area contributed by atoms with E-state index in [9.17, 15) is 5.11 Å². The highest BCUT2D eigenvalue weighted by molar-refractivity contribution is 6.23. The fourth-order valence-electron chi connectivity index (χ4n) is 4.13. The SMILES string of the molecule is CCc1cc2c(cc1O)c1c3c[nH]cc3c(-c3ccccc3)cc1n2C. The van der Waals surface area contributed by atoms with Gasteiger partial charge in [0.05, 0.1) is 5.52 Å². The summed E-state index contributed by atoms with van der Waals surface area (Å²) in [5.74, 6) is 0.378. The van der Waals surface area contributed by atoms with E-state index in [1.807, 2.05) is 12.1 Å². The van der Waals surface area contributed by atoms with E-state index in [2.05, 4.69) is 72.3 Å². The van der Waals surface area contributed by atoms with Crippen molar-refractivity contribution in [2.45, 2.75) is 13.3 Å². The highest BCUT2D eigenvalue weighted by Gasteiger charge is 2.17. The van der Waals surface area contributed by atoms with Crippen LogP contribution >= 0.6 is 0 Å². The minimum Gasteiger partial charge on any atom is -0.508 e. The molecule has 3 heteroatoms.